The molecule has 0 aromatic carbocycles. The van der Waals surface area contributed by atoms with Gasteiger partial charge in [0.1, 0.15) is 0 Å². The first-order valence-electron chi connectivity index (χ1n) is 5.55. The third-order valence-corrected chi connectivity index (χ3v) is 2.77. The Balaban J connectivity index is 3.10. The molecule has 3 heteroatoms. The molecule has 0 unspecified atom stereocenters. The molecule has 1 aromatic rings. The second-order valence-electron chi connectivity index (χ2n) is 5.13. The highest BCUT2D eigenvalue weighted by atomic mass is 15.3. The molecule has 0 amide bonds. The highest BCUT2D eigenvalue weighted by molar-refractivity contribution is 5.32. The Hall–Kier alpha value is -0.830. The molecule has 1 heterocycles. The van der Waals surface area contributed by atoms with Gasteiger partial charge in [-0.15, -0.1) is 0 Å². The van der Waals surface area contributed by atoms with E-state index in [4.69, 9.17) is 0 Å². The van der Waals surface area contributed by atoms with Crippen LogP contribution in [-0.4, -0.2) is 23.4 Å². The zero-order valence-electron chi connectivity index (χ0n) is 10.8. The molecular formula is C12H23N3. The highest BCUT2D eigenvalue weighted by Crippen LogP contribution is 2.28. The molecule has 0 saturated carbocycles. The maximum absolute atomic E-state index is 4.59. The summed E-state index contributed by atoms with van der Waals surface area (Å²) in [6.07, 6.45) is 1.00. The van der Waals surface area contributed by atoms with Crippen LogP contribution in [-0.2, 0) is 18.9 Å². The van der Waals surface area contributed by atoms with Crippen molar-refractivity contribution in [3.8, 4) is 0 Å². The molecule has 0 spiro atoms. The molecule has 1 rings (SSSR count). The Kier molecular flexibility index (Phi) is 3.55. The fourth-order valence-electron chi connectivity index (χ4n) is 2.07. The average Bonchev–Trinajstić information content (AvgIpc) is 2.38. The van der Waals surface area contributed by atoms with E-state index in [1.165, 1.54) is 17.0 Å². The Morgan fingerprint density at radius 1 is 1.33 bits per heavy atom. The van der Waals surface area contributed by atoms with Crippen LogP contribution in [0.25, 0.3) is 0 Å². The van der Waals surface area contributed by atoms with Crippen LogP contribution in [0.4, 0.5) is 0 Å². The quantitative estimate of drug-likeness (QED) is 0.822. The number of hydrogen-bond acceptors (Lipinski definition) is 2. The van der Waals surface area contributed by atoms with Crippen molar-refractivity contribution in [2.75, 3.05) is 13.6 Å². The first kappa shape index (κ1) is 12.2. The van der Waals surface area contributed by atoms with Gasteiger partial charge < -0.3 is 5.32 Å². The van der Waals surface area contributed by atoms with Crippen LogP contribution >= 0.6 is 0 Å². The summed E-state index contributed by atoms with van der Waals surface area (Å²) >= 11 is 0. The number of likely N-dealkylation sites (N-methyl/N-ethyl adjacent to an activating group) is 1. The summed E-state index contributed by atoms with van der Waals surface area (Å²) < 4.78 is 1.99. The van der Waals surface area contributed by atoms with Crippen molar-refractivity contribution in [3.05, 3.63) is 17.0 Å². The molecular weight excluding hydrogens is 186 g/mol. The maximum Gasteiger partial charge on any atom is 0.0677 e. The predicted octanol–water partition coefficient (Wildman–Crippen LogP) is 1.79. The fraction of sp³-hybridized carbons (Fsp3) is 0.750. The lowest BCUT2D eigenvalue weighted by Gasteiger charge is -2.20. The number of aromatic nitrogens is 2. The molecule has 1 aromatic heterocycles. The predicted molar refractivity (Wildman–Crippen MR) is 64.3 cm³/mol. The van der Waals surface area contributed by atoms with Crippen LogP contribution < -0.4 is 5.32 Å². The van der Waals surface area contributed by atoms with Crippen molar-refractivity contribution in [3.63, 3.8) is 0 Å². The largest absolute Gasteiger partial charge is 0.319 e. The van der Waals surface area contributed by atoms with Crippen LogP contribution in [0.5, 0.6) is 0 Å². The normalized spacial score (nSPS) is 12.1. The van der Waals surface area contributed by atoms with Gasteiger partial charge in [0.15, 0.2) is 0 Å². The topological polar surface area (TPSA) is 29.9 Å². The fourth-order valence-corrected chi connectivity index (χ4v) is 2.07. The van der Waals surface area contributed by atoms with Gasteiger partial charge in [-0.25, -0.2) is 0 Å². The van der Waals surface area contributed by atoms with Gasteiger partial charge >= 0.3 is 0 Å². The average molecular weight is 209 g/mol. The molecule has 86 valence electrons. The Bertz CT molecular complexity index is 331. The van der Waals surface area contributed by atoms with Crippen molar-refractivity contribution in [1.29, 1.82) is 0 Å². The summed E-state index contributed by atoms with van der Waals surface area (Å²) in [5.74, 6) is 0. The van der Waals surface area contributed by atoms with E-state index in [2.05, 4.69) is 38.1 Å². The summed E-state index contributed by atoms with van der Waals surface area (Å²) in [7, 11) is 4.00. The minimum absolute atomic E-state index is 0.182. The minimum Gasteiger partial charge on any atom is -0.319 e. The monoisotopic (exact) mass is 209 g/mol. The third-order valence-electron chi connectivity index (χ3n) is 2.77. The number of nitrogens with one attached hydrogen (secondary N) is 1. The van der Waals surface area contributed by atoms with Crippen molar-refractivity contribution in [1.82, 2.24) is 15.1 Å². The summed E-state index contributed by atoms with van der Waals surface area (Å²) in [4.78, 5) is 0. The zero-order chi connectivity index (χ0) is 11.6. The van der Waals surface area contributed by atoms with Crippen LogP contribution in [0.1, 0.15) is 37.7 Å². The van der Waals surface area contributed by atoms with Gasteiger partial charge in [0, 0.05) is 31.3 Å². The van der Waals surface area contributed by atoms with Gasteiger partial charge in [-0.3, -0.25) is 4.68 Å². The Morgan fingerprint density at radius 3 is 2.40 bits per heavy atom. The second-order valence-corrected chi connectivity index (χ2v) is 5.13. The van der Waals surface area contributed by atoms with E-state index in [1.807, 2.05) is 18.8 Å². The van der Waals surface area contributed by atoms with E-state index in [-0.39, 0.29) is 5.41 Å². The molecule has 1 N–H and O–H groups in total. The molecule has 0 atom stereocenters. The highest BCUT2D eigenvalue weighted by Gasteiger charge is 2.23. The molecule has 0 aliphatic heterocycles. The van der Waals surface area contributed by atoms with Crippen molar-refractivity contribution in [2.45, 2.75) is 39.5 Å². The van der Waals surface area contributed by atoms with Crippen LogP contribution in [0.2, 0.25) is 0 Å². The molecule has 0 fully saturated rings. The maximum atomic E-state index is 4.59. The smallest absolute Gasteiger partial charge is 0.0677 e. The number of rotatable bonds is 3. The molecule has 3 nitrogen and oxygen atoms in total. The van der Waals surface area contributed by atoms with Crippen molar-refractivity contribution >= 4 is 0 Å². The molecule has 0 radical (unpaired) electrons. The van der Waals surface area contributed by atoms with Crippen LogP contribution in [0.3, 0.4) is 0 Å². The van der Waals surface area contributed by atoms with E-state index >= 15 is 0 Å². The zero-order valence-corrected chi connectivity index (χ0v) is 10.8. The molecule has 15 heavy (non-hydrogen) atoms. The Labute approximate surface area is 92.9 Å². The van der Waals surface area contributed by atoms with Gasteiger partial charge in [0.2, 0.25) is 0 Å². The summed E-state index contributed by atoms with van der Waals surface area (Å²) in [5, 5.41) is 7.77. The summed E-state index contributed by atoms with van der Waals surface area (Å²) in [6, 6.07) is 0. The van der Waals surface area contributed by atoms with Gasteiger partial charge in [-0.2, -0.15) is 5.10 Å². The second kappa shape index (κ2) is 4.35. The molecule has 0 aliphatic carbocycles. The van der Waals surface area contributed by atoms with Gasteiger partial charge in [-0.05, 0) is 19.4 Å². The lowest BCUT2D eigenvalue weighted by molar-refractivity contribution is 0.575. The molecule has 0 aliphatic rings. The number of hydrogen-bond donors (Lipinski definition) is 1. The molecule has 0 saturated heterocycles. The third kappa shape index (κ3) is 2.59. The first-order valence-corrected chi connectivity index (χ1v) is 5.55. The lowest BCUT2D eigenvalue weighted by Crippen LogP contribution is -2.17. The minimum atomic E-state index is 0.182. The van der Waals surface area contributed by atoms with E-state index < -0.39 is 0 Å². The number of nitrogens with zero attached hydrogens (tertiary/aromatic N) is 2. The lowest BCUT2D eigenvalue weighted by atomic mass is 9.84. The number of aryl methyl sites for hydroxylation is 1. The van der Waals surface area contributed by atoms with E-state index in [1.54, 1.807) is 0 Å². The standard InChI is InChI=1S/C12H23N3/c1-9-11(12(2,3)4)10(7-8-13-5)14-15(9)6/h13H,7-8H2,1-6H3. The first-order chi connectivity index (χ1) is 6.88. The molecule has 0 bridgehead atoms. The Morgan fingerprint density at radius 2 is 1.93 bits per heavy atom. The van der Waals surface area contributed by atoms with Crippen LogP contribution in [0, 0.1) is 6.92 Å². The SMILES string of the molecule is CNCCc1nn(C)c(C)c1C(C)(C)C. The summed E-state index contributed by atoms with van der Waals surface area (Å²) in [6.45, 7) is 9.88. The van der Waals surface area contributed by atoms with Crippen molar-refractivity contribution < 1.29 is 0 Å². The van der Waals surface area contributed by atoms with Gasteiger partial charge in [0.25, 0.3) is 0 Å². The van der Waals surface area contributed by atoms with Crippen molar-refractivity contribution in [2.24, 2.45) is 7.05 Å². The van der Waals surface area contributed by atoms with Gasteiger partial charge in [0.05, 0.1) is 5.69 Å². The van der Waals surface area contributed by atoms with Gasteiger partial charge in [-0.1, -0.05) is 20.8 Å². The van der Waals surface area contributed by atoms with E-state index in [0.717, 1.165) is 13.0 Å². The van der Waals surface area contributed by atoms with E-state index in [9.17, 15) is 0 Å². The van der Waals surface area contributed by atoms with E-state index in [0.29, 0.717) is 0 Å². The summed E-state index contributed by atoms with van der Waals surface area (Å²) in [5.41, 5.74) is 4.10. The van der Waals surface area contributed by atoms with Crippen LogP contribution in [0.15, 0.2) is 0 Å².